The van der Waals surface area contributed by atoms with E-state index >= 15 is 0 Å². The van der Waals surface area contributed by atoms with E-state index in [0.717, 1.165) is 15.8 Å². The standard InChI is InChI=1S/C20H18N2O4/c1-13-10-16(12-23)14(2)22(13)21(11-19(24)25)20(26)18-9-5-7-15-6-3-4-8-17(15)18/h3-10,12H,11H2,1-2H3,(H,24,25). The van der Waals surface area contributed by atoms with Gasteiger partial charge in [-0.1, -0.05) is 36.4 Å². The number of aldehydes is 1. The summed E-state index contributed by atoms with van der Waals surface area (Å²) >= 11 is 0. The van der Waals surface area contributed by atoms with E-state index in [1.54, 1.807) is 32.0 Å². The zero-order valence-corrected chi connectivity index (χ0v) is 14.5. The first-order chi connectivity index (χ1) is 12.4. The quantitative estimate of drug-likeness (QED) is 0.718. The van der Waals surface area contributed by atoms with Crippen LogP contribution in [0.25, 0.3) is 10.8 Å². The predicted octanol–water partition coefficient (Wildman–Crippen LogP) is 2.93. The molecule has 3 rings (SSSR count). The highest BCUT2D eigenvalue weighted by molar-refractivity contribution is 6.12. The maximum Gasteiger partial charge on any atom is 0.325 e. The molecule has 0 aliphatic heterocycles. The zero-order valence-electron chi connectivity index (χ0n) is 14.5. The van der Waals surface area contributed by atoms with Gasteiger partial charge in [0.2, 0.25) is 0 Å². The van der Waals surface area contributed by atoms with Crippen LogP contribution in [0.15, 0.2) is 48.5 Å². The number of aryl methyl sites for hydroxylation is 1. The largest absolute Gasteiger partial charge is 0.480 e. The normalized spacial score (nSPS) is 10.7. The van der Waals surface area contributed by atoms with Crippen LogP contribution in [-0.4, -0.2) is 34.5 Å². The highest BCUT2D eigenvalue weighted by atomic mass is 16.4. The molecule has 3 aromatic rings. The molecule has 0 aliphatic carbocycles. The molecule has 0 fully saturated rings. The molecule has 1 heterocycles. The molecule has 0 radical (unpaired) electrons. The fraction of sp³-hybridized carbons (Fsp3) is 0.150. The Morgan fingerprint density at radius 2 is 1.81 bits per heavy atom. The Balaban J connectivity index is 2.17. The van der Waals surface area contributed by atoms with Crippen molar-refractivity contribution in [3.63, 3.8) is 0 Å². The molecule has 132 valence electrons. The Kier molecular flexibility index (Phi) is 4.58. The van der Waals surface area contributed by atoms with Crippen molar-refractivity contribution in [2.75, 3.05) is 11.6 Å². The second-order valence-corrected chi connectivity index (χ2v) is 6.04. The molecule has 6 heteroatoms. The lowest BCUT2D eigenvalue weighted by Gasteiger charge is -2.26. The lowest BCUT2D eigenvalue weighted by Crippen LogP contribution is -2.45. The summed E-state index contributed by atoms with van der Waals surface area (Å²) in [5, 5.41) is 12.1. The van der Waals surface area contributed by atoms with Crippen LogP contribution in [0, 0.1) is 13.8 Å². The van der Waals surface area contributed by atoms with Gasteiger partial charge in [-0.15, -0.1) is 0 Å². The molecule has 0 saturated heterocycles. The summed E-state index contributed by atoms with van der Waals surface area (Å²) in [5.74, 6) is -1.58. The van der Waals surface area contributed by atoms with Crippen molar-refractivity contribution in [3.05, 3.63) is 71.0 Å². The van der Waals surface area contributed by atoms with E-state index in [2.05, 4.69) is 0 Å². The second kappa shape index (κ2) is 6.84. The Bertz CT molecular complexity index is 1010. The molecule has 26 heavy (non-hydrogen) atoms. The van der Waals surface area contributed by atoms with Gasteiger partial charge in [0.25, 0.3) is 5.91 Å². The zero-order chi connectivity index (χ0) is 18.8. The third kappa shape index (κ3) is 2.97. The van der Waals surface area contributed by atoms with Gasteiger partial charge in [0.1, 0.15) is 6.54 Å². The van der Waals surface area contributed by atoms with Crippen LogP contribution in [0.3, 0.4) is 0 Å². The monoisotopic (exact) mass is 350 g/mol. The smallest absolute Gasteiger partial charge is 0.325 e. The van der Waals surface area contributed by atoms with Gasteiger partial charge in [0.15, 0.2) is 6.29 Å². The van der Waals surface area contributed by atoms with Crippen LogP contribution in [0.2, 0.25) is 0 Å². The van der Waals surface area contributed by atoms with Crippen molar-refractivity contribution in [1.29, 1.82) is 0 Å². The van der Waals surface area contributed by atoms with Crippen molar-refractivity contribution in [2.45, 2.75) is 13.8 Å². The molecule has 1 N–H and O–H groups in total. The van der Waals surface area contributed by atoms with E-state index in [1.165, 1.54) is 4.68 Å². The van der Waals surface area contributed by atoms with Crippen LogP contribution in [-0.2, 0) is 4.79 Å². The van der Waals surface area contributed by atoms with Crippen molar-refractivity contribution in [2.24, 2.45) is 0 Å². The first-order valence-electron chi connectivity index (χ1n) is 8.10. The van der Waals surface area contributed by atoms with Gasteiger partial charge in [0, 0.05) is 22.5 Å². The minimum atomic E-state index is -1.14. The summed E-state index contributed by atoms with van der Waals surface area (Å²) in [5.41, 5.74) is 1.96. The minimum Gasteiger partial charge on any atom is -0.480 e. The van der Waals surface area contributed by atoms with Gasteiger partial charge in [-0.3, -0.25) is 19.1 Å². The molecular formula is C20H18N2O4. The number of carbonyl (C=O) groups excluding carboxylic acids is 2. The number of benzene rings is 2. The maximum absolute atomic E-state index is 13.3. The summed E-state index contributed by atoms with van der Waals surface area (Å²) in [6, 6.07) is 14.4. The van der Waals surface area contributed by atoms with Crippen molar-refractivity contribution in [1.82, 2.24) is 4.68 Å². The minimum absolute atomic E-state index is 0.407. The topological polar surface area (TPSA) is 79.6 Å². The van der Waals surface area contributed by atoms with Crippen molar-refractivity contribution in [3.8, 4) is 0 Å². The predicted molar refractivity (Wildman–Crippen MR) is 98.3 cm³/mol. The third-order valence-electron chi connectivity index (χ3n) is 4.34. The Morgan fingerprint density at radius 3 is 2.46 bits per heavy atom. The average Bonchev–Trinajstić information content (AvgIpc) is 2.92. The lowest BCUT2D eigenvalue weighted by molar-refractivity contribution is -0.135. The van der Waals surface area contributed by atoms with Crippen molar-refractivity contribution < 1.29 is 19.5 Å². The number of aromatic nitrogens is 1. The highest BCUT2D eigenvalue weighted by Crippen LogP contribution is 2.21. The molecule has 6 nitrogen and oxygen atoms in total. The fourth-order valence-corrected chi connectivity index (χ4v) is 3.18. The van der Waals surface area contributed by atoms with E-state index in [9.17, 15) is 19.5 Å². The van der Waals surface area contributed by atoms with E-state index in [4.69, 9.17) is 0 Å². The molecule has 0 spiro atoms. The molecule has 0 bridgehead atoms. The van der Waals surface area contributed by atoms with Crippen LogP contribution >= 0.6 is 0 Å². The second-order valence-electron chi connectivity index (χ2n) is 6.04. The number of rotatable bonds is 5. The average molecular weight is 350 g/mol. The summed E-state index contributed by atoms with van der Waals surface area (Å²) in [7, 11) is 0. The van der Waals surface area contributed by atoms with Gasteiger partial charge in [-0.2, -0.15) is 0 Å². The third-order valence-corrected chi connectivity index (χ3v) is 4.34. The Hall–Kier alpha value is -3.41. The molecule has 1 aromatic heterocycles. The molecule has 0 aliphatic rings. The fourth-order valence-electron chi connectivity index (χ4n) is 3.18. The molecule has 0 saturated carbocycles. The van der Waals surface area contributed by atoms with Crippen LogP contribution in [0.4, 0.5) is 0 Å². The Labute approximate surface area is 150 Å². The maximum atomic E-state index is 13.3. The molecule has 0 unspecified atom stereocenters. The number of nitrogens with zero attached hydrogens (tertiary/aromatic N) is 2. The van der Waals surface area contributed by atoms with Gasteiger partial charge in [-0.05, 0) is 36.8 Å². The number of carboxylic acids is 1. The molecule has 1 amide bonds. The molecule has 0 atom stereocenters. The number of amides is 1. The Morgan fingerprint density at radius 1 is 1.12 bits per heavy atom. The number of carbonyl (C=O) groups is 3. The SMILES string of the molecule is Cc1cc(C=O)c(C)n1N(CC(=O)O)C(=O)c1cccc2ccccc12. The number of carboxylic acid groups (broad SMARTS) is 1. The van der Waals surface area contributed by atoms with Crippen molar-refractivity contribution >= 4 is 28.9 Å². The highest BCUT2D eigenvalue weighted by Gasteiger charge is 2.25. The van der Waals surface area contributed by atoms with Gasteiger partial charge < -0.3 is 5.11 Å². The lowest BCUT2D eigenvalue weighted by atomic mass is 10.0. The van der Waals surface area contributed by atoms with Gasteiger partial charge in [0.05, 0.1) is 0 Å². The molecule has 2 aromatic carbocycles. The number of hydrogen-bond acceptors (Lipinski definition) is 3. The van der Waals surface area contributed by atoms with Gasteiger partial charge >= 0.3 is 5.97 Å². The molecular weight excluding hydrogens is 332 g/mol. The summed E-state index contributed by atoms with van der Waals surface area (Å²) in [6.07, 6.45) is 0.695. The van der Waals surface area contributed by atoms with Crippen LogP contribution in [0.1, 0.15) is 32.1 Å². The number of aliphatic carboxylic acids is 1. The van der Waals surface area contributed by atoms with E-state index in [-0.39, 0.29) is 0 Å². The summed E-state index contributed by atoms with van der Waals surface area (Å²) in [6.45, 7) is 2.89. The van der Waals surface area contributed by atoms with Crippen LogP contribution in [0.5, 0.6) is 0 Å². The van der Waals surface area contributed by atoms with E-state index in [0.29, 0.717) is 28.8 Å². The van der Waals surface area contributed by atoms with Crippen LogP contribution < -0.4 is 5.01 Å². The number of fused-ring (bicyclic) bond motifs is 1. The van der Waals surface area contributed by atoms with E-state index in [1.807, 2.05) is 30.3 Å². The van der Waals surface area contributed by atoms with Gasteiger partial charge in [-0.25, -0.2) is 5.01 Å². The summed E-state index contributed by atoms with van der Waals surface area (Å²) < 4.78 is 1.49. The first kappa shape index (κ1) is 17.4. The number of hydrogen-bond donors (Lipinski definition) is 1. The first-order valence-corrected chi connectivity index (χ1v) is 8.10. The van der Waals surface area contributed by atoms with E-state index < -0.39 is 18.4 Å². The summed E-state index contributed by atoms with van der Waals surface area (Å²) in [4.78, 5) is 35.9.